The van der Waals surface area contributed by atoms with E-state index in [4.69, 9.17) is 0 Å². The van der Waals surface area contributed by atoms with Crippen molar-refractivity contribution in [1.82, 2.24) is 10.3 Å². The van der Waals surface area contributed by atoms with Crippen molar-refractivity contribution in [2.75, 3.05) is 0 Å². The number of amides is 1. The number of Topliss-reactive ketones (excluding diaryl/α,β-unsaturated/α-hetero) is 1. The van der Waals surface area contributed by atoms with Crippen LogP contribution in [0.5, 0.6) is 0 Å². The van der Waals surface area contributed by atoms with Crippen molar-refractivity contribution in [3.8, 4) is 0 Å². The summed E-state index contributed by atoms with van der Waals surface area (Å²) in [4.78, 5) is 26.7. The number of carbonyl (C=O) groups excluding carboxylic acids is 2. The van der Waals surface area contributed by atoms with Crippen molar-refractivity contribution in [3.05, 3.63) is 23.5 Å². The zero-order valence-corrected chi connectivity index (χ0v) is 12.4. The fraction of sp³-hybridized carbons (Fsp3) is 0.647. The number of hydrogen-bond donors (Lipinski definition) is 2. The number of H-pyrrole nitrogens is 1. The summed E-state index contributed by atoms with van der Waals surface area (Å²) in [5.74, 6) is 3.10. The molecule has 4 nitrogen and oxygen atoms in total. The molecule has 0 saturated heterocycles. The zero-order chi connectivity index (χ0) is 14.6. The SMILES string of the molecule is CC(=O)c1c[nH]c(C(=O)NC2C3CC4CC(C3)CC2C4)c1. The lowest BCUT2D eigenvalue weighted by Crippen LogP contribution is -2.55. The molecule has 4 bridgehead atoms. The Morgan fingerprint density at radius 2 is 1.71 bits per heavy atom. The minimum Gasteiger partial charge on any atom is -0.356 e. The standard InChI is InChI=1S/C17H22N2O2/c1-9(20)14-7-15(18-8-14)17(21)19-16-12-3-10-2-11(5-12)6-13(16)4-10/h7-8,10-13,16,18H,2-6H2,1H3,(H,19,21). The summed E-state index contributed by atoms with van der Waals surface area (Å²) in [7, 11) is 0. The van der Waals surface area contributed by atoms with Gasteiger partial charge < -0.3 is 10.3 Å². The average Bonchev–Trinajstić information content (AvgIpc) is 2.92. The van der Waals surface area contributed by atoms with Gasteiger partial charge in [0.15, 0.2) is 5.78 Å². The number of rotatable bonds is 3. The third kappa shape index (κ3) is 2.21. The number of nitrogens with one attached hydrogen (secondary N) is 2. The maximum absolute atomic E-state index is 12.4. The van der Waals surface area contributed by atoms with Crippen LogP contribution in [-0.4, -0.2) is 22.7 Å². The second-order valence-electron chi connectivity index (χ2n) is 7.29. The summed E-state index contributed by atoms with van der Waals surface area (Å²) in [5.41, 5.74) is 1.08. The molecule has 4 heteroatoms. The van der Waals surface area contributed by atoms with Gasteiger partial charge in [0.1, 0.15) is 5.69 Å². The molecule has 0 spiro atoms. The summed E-state index contributed by atoms with van der Waals surface area (Å²) in [6.07, 6.45) is 8.21. The largest absolute Gasteiger partial charge is 0.356 e. The predicted octanol–water partition coefficient (Wildman–Crippen LogP) is 2.77. The Morgan fingerprint density at radius 1 is 1.10 bits per heavy atom. The van der Waals surface area contributed by atoms with Gasteiger partial charge in [0.25, 0.3) is 5.91 Å². The number of carbonyl (C=O) groups is 2. The van der Waals surface area contributed by atoms with E-state index in [2.05, 4.69) is 10.3 Å². The number of ketones is 1. The Bertz CT molecular complexity index is 561. The van der Waals surface area contributed by atoms with Crippen molar-refractivity contribution < 1.29 is 9.59 Å². The fourth-order valence-electron chi connectivity index (χ4n) is 5.12. The second kappa shape index (κ2) is 4.72. The smallest absolute Gasteiger partial charge is 0.267 e. The molecule has 1 aromatic heterocycles. The summed E-state index contributed by atoms with van der Waals surface area (Å²) in [6.45, 7) is 1.52. The lowest BCUT2D eigenvalue weighted by atomic mass is 9.54. The van der Waals surface area contributed by atoms with Gasteiger partial charge >= 0.3 is 0 Å². The second-order valence-corrected chi connectivity index (χ2v) is 7.29. The molecule has 4 fully saturated rings. The van der Waals surface area contributed by atoms with Gasteiger partial charge in [-0.1, -0.05) is 0 Å². The zero-order valence-electron chi connectivity index (χ0n) is 12.4. The Labute approximate surface area is 124 Å². The Hall–Kier alpha value is -1.58. The van der Waals surface area contributed by atoms with Gasteiger partial charge in [-0.3, -0.25) is 9.59 Å². The normalized spacial score (nSPS) is 36.7. The van der Waals surface area contributed by atoms with Gasteiger partial charge in [-0.2, -0.15) is 0 Å². The summed E-state index contributed by atoms with van der Waals surface area (Å²) in [6, 6.07) is 2.00. The van der Waals surface area contributed by atoms with Crippen LogP contribution in [-0.2, 0) is 0 Å². The third-order valence-corrected chi connectivity index (χ3v) is 5.86. The maximum Gasteiger partial charge on any atom is 0.267 e. The van der Waals surface area contributed by atoms with E-state index in [1.807, 2.05) is 0 Å². The highest BCUT2D eigenvalue weighted by atomic mass is 16.2. The molecule has 0 atom stereocenters. The topological polar surface area (TPSA) is 62.0 Å². The minimum atomic E-state index is -0.0556. The molecule has 0 aromatic carbocycles. The highest BCUT2D eigenvalue weighted by molar-refractivity contribution is 5.99. The molecule has 0 unspecified atom stereocenters. The van der Waals surface area contributed by atoms with E-state index >= 15 is 0 Å². The van der Waals surface area contributed by atoms with E-state index in [1.165, 1.54) is 39.0 Å². The van der Waals surface area contributed by atoms with Gasteiger partial charge in [-0.05, 0) is 68.8 Å². The summed E-state index contributed by atoms with van der Waals surface area (Å²) < 4.78 is 0. The van der Waals surface area contributed by atoms with Gasteiger partial charge in [-0.25, -0.2) is 0 Å². The number of aromatic nitrogens is 1. The van der Waals surface area contributed by atoms with Crippen molar-refractivity contribution in [3.63, 3.8) is 0 Å². The summed E-state index contributed by atoms with van der Waals surface area (Å²) >= 11 is 0. The van der Waals surface area contributed by atoms with E-state index in [0.717, 1.165) is 11.8 Å². The number of aromatic amines is 1. The van der Waals surface area contributed by atoms with Crippen LogP contribution >= 0.6 is 0 Å². The molecule has 112 valence electrons. The van der Waals surface area contributed by atoms with Crippen molar-refractivity contribution in [2.24, 2.45) is 23.7 Å². The number of hydrogen-bond acceptors (Lipinski definition) is 2. The Morgan fingerprint density at radius 3 is 2.24 bits per heavy atom. The monoisotopic (exact) mass is 286 g/mol. The van der Waals surface area contributed by atoms with Crippen LogP contribution in [0.3, 0.4) is 0 Å². The predicted molar refractivity (Wildman–Crippen MR) is 79.1 cm³/mol. The molecule has 4 saturated carbocycles. The van der Waals surface area contributed by atoms with Gasteiger partial charge in [0.2, 0.25) is 0 Å². The molecular formula is C17H22N2O2. The highest BCUT2D eigenvalue weighted by Crippen LogP contribution is 2.53. The average molecular weight is 286 g/mol. The molecule has 1 aromatic rings. The first-order valence-corrected chi connectivity index (χ1v) is 8.10. The molecule has 5 rings (SSSR count). The van der Waals surface area contributed by atoms with Gasteiger partial charge in [0, 0.05) is 17.8 Å². The van der Waals surface area contributed by atoms with Crippen LogP contribution in [0.25, 0.3) is 0 Å². The quantitative estimate of drug-likeness (QED) is 0.839. The van der Waals surface area contributed by atoms with E-state index in [0.29, 0.717) is 29.1 Å². The molecule has 4 aliphatic carbocycles. The minimum absolute atomic E-state index is 0.0140. The lowest BCUT2D eigenvalue weighted by molar-refractivity contribution is -0.0120. The third-order valence-electron chi connectivity index (χ3n) is 5.86. The molecule has 1 amide bonds. The fourth-order valence-corrected chi connectivity index (χ4v) is 5.12. The van der Waals surface area contributed by atoms with Crippen LogP contribution in [0.15, 0.2) is 12.3 Å². The molecule has 0 radical (unpaired) electrons. The van der Waals surface area contributed by atoms with E-state index in [1.54, 1.807) is 12.3 Å². The van der Waals surface area contributed by atoms with E-state index in [-0.39, 0.29) is 11.7 Å². The summed E-state index contributed by atoms with van der Waals surface area (Å²) in [5, 5.41) is 3.25. The molecule has 2 N–H and O–H groups in total. The van der Waals surface area contributed by atoms with Crippen molar-refractivity contribution in [1.29, 1.82) is 0 Å². The molecule has 21 heavy (non-hydrogen) atoms. The Kier molecular flexibility index (Phi) is 2.95. The van der Waals surface area contributed by atoms with Crippen LogP contribution in [0.1, 0.15) is 59.9 Å². The first-order chi connectivity index (χ1) is 10.1. The van der Waals surface area contributed by atoms with Gasteiger partial charge in [-0.15, -0.1) is 0 Å². The first-order valence-electron chi connectivity index (χ1n) is 8.10. The van der Waals surface area contributed by atoms with Crippen LogP contribution in [0.4, 0.5) is 0 Å². The van der Waals surface area contributed by atoms with Crippen LogP contribution in [0, 0.1) is 23.7 Å². The van der Waals surface area contributed by atoms with E-state index in [9.17, 15) is 9.59 Å². The van der Waals surface area contributed by atoms with Crippen molar-refractivity contribution in [2.45, 2.75) is 45.1 Å². The molecule has 4 aliphatic rings. The lowest BCUT2D eigenvalue weighted by Gasteiger charge is -2.54. The highest BCUT2D eigenvalue weighted by Gasteiger charge is 2.48. The van der Waals surface area contributed by atoms with Crippen LogP contribution in [0.2, 0.25) is 0 Å². The maximum atomic E-state index is 12.4. The molecule has 0 aliphatic heterocycles. The molecular weight excluding hydrogens is 264 g/mol. The Balaban J connectivity index is 1.48. The van der Waals surface area contributed by atoms with Gasteiger partial charge in [0.05, 0.1) is 0 Å². The van der Waals surface area contributed by atoms with Crippen LogP contribution < -0.4 is 5.32 Å². The first kappa shape index (κ1) is 13.1. The molecule has 1 heterocycles. The van der Waals surface area contributed by atoms with E-state index < -0.39 is 0 Å². The van der Waals surface area contributed by atoms with Crippen molar-refractivity contribution >= 4 is 11.7 Å².